The molecule has 1 aliphatic rings. The van der Waals surface area contributed by atoms with Crippen LogP contribution in [0.5, 0.6) is 5.75 Å². The molecule has 1 unspecified atom stereocenters. The summed E-state index contributed by atoms with van der Waals surface area (Å²) in [5.41, 5.74) is 2.63. The summed E-state index contributed by atoms with van der Waals surface area (Å²) in [5, 5.41) is 13.5. The molecule has 1 atom stereocenters. The standard InChI is InChI=1S/C16H18N2O3/c1-9-6-10-11(16(19)20)8-13(12-4-3-5-17-12)18-15(10)14(7-9)21-2/h6-8,12,17H,3-5H2,1-2H3,(H,19,20). The lowest BCUT2D eigenvalue weighted by atomic mass is 10.0. The number of rotatable bonds is 3. The number of carbonyl (C=O) groups is 1. The maximum Gasteiger partial charge on any atom is 0.336 e. The van der Waals surface area contributed by atoms with Crippen molar-refractivity contribution in [3.63, 3.8) is 0 Å². The molecule has 0 radical (unpaired) electrons. The van der Waals surface area contributed by atoms with Crippen molar-refractivity contribution in [3.8, 4) is 5.75 Å². The minimum absolute atomic E-state index is 0.124. The maximum absolute atomic E-state index is 11.6. The van der Waals surface area contributed by atoms with Crippen LogP contribution < -0.4 is 10.1 Å². The normalized spacial score (nSPS) is 18.1. The fourth-order valence-corrected chi connectivity index (χ4v) is 2.90. The Hall–Kier alpha value is -2.14. The van der Waals surface area contributed by atoms with Gasteiger partial charge in [0.2, 0.25) is 0 Å². The molecule has 2 aromatic rings. The molecule has 0 spiro atoms. The first-order valence-electron chi connectivity index (χ1n) is 7.06. The van der Waals surface area contributed by atoms with Gasteiger partial charge in [-0.15, -0.1) is 0 Å². The molecule has 2 N–H and O–H groups in total. The first-order valence-corrected chi connectivity index (χ1v) is 7.06. The molecule has 0 saturated carbocycles. The van der Waals surface area contributed by atoms with Gasteiger partial charge in [-0.25, -0.2) is 9.78 Å². The first-order chi connectivity index (χ1) is 10.1. The third-order valence-corrected chi connectivity index (χ3v) is 3.91. The van der Waals surface area contributed by atoms with Crippen molar-refractivity contribution in [2.24, 2.45) is 0 Å². The highest BCUT2D eigenvalue weighted by molar-refractivity contribution is 6.04. The smallest absolute Gasteiger partial charge is 0.336 e. The van der Waals surface area contributed by atoms with Crippen LogP contribution in [0.15, 0.2) is 18.2 Å². The number of carboxylic acid groups (broad SMARTS) is 1. The largest absolute Gasteiger partial charge is 0.494 e. The van der Waals surface area contributed by atoms with Crippen molar-refractivity contribution in [1.29, 1.82) is 0 Å². The van der Waals surface area contributed by atoms with Gasteiger partial charge in [0, 0.05) is 11.4 Å². The summed E-state index contributed by atoms with van der Waals surface area (Å²) in [7, 11) is 1.58. The zero-order chi connectivity index (χ0) is 15.0. The van der Waals surface area contributed by atoms with Crippen molar-refractivity contribution < 1.29 is 14.6 Å². The van der Waals surface area contributed by atoms with E-state index in [9.17, 15) is 9.90 Å². The highest BCUT2D eigenvalue weighted by Gasteiger charge is 2.22. The Morgan fingerprint density at radius 1 is 1.43 bits per heavy atom. The number of pyridine rings is 1. The number of hydrogen-bond donors (Lipinski definition) is 2. The molecule has 0 bridgehead atoms. The van der Waals surface area contributed by atoms with Crippen molar-refractivity contribution in [2.75, 3.05) is 13.7 Å². The van der Waals surface area contributed by atoms with Gasteiger partial charge in [0.05, 0.1) is 18.4 Å². The third-order valence-electron chi connectivity index (χ3n) is 3.91. The SMILES string of the molecule is COc1cc(C)cc2c(C(=O)O)cc(C3CCCN3)nc12. The molecule has 0 aliphatic carbocycles. The predicted octanol–water partition coefficient (Wildman–Crippen LogP) is 2.67. The van der Waals surface area contributed by atoms with E-state index in [1.165, 1.54) is 0 Å². The predicted molar refractivity (Wildman–Crippen MR) is 80.0 cm³/mol. The van der Waals surface area contributed by atoms with E-state index in [0.29, 0.717) is 16.7 Å². The number of hydrogen-bond acceptors (Lipinski definition) is 4. The number of aromatic carboxylic acids is 1. The Morgan fingerprint density at radius 3 is 2.86 bits per heavy atom. The van der Waals surface area contributed by atoms with Gasteiger partial charge >= 0.3 is 5.97 Å². The van der Waals surface area contributed by atoms with Crippen LogP contribution in [0.25, 0.3) is 10.9 Å². The van der Waals surface area contributed by atoms with Crippen LogP contribution in [-0.4, -0.2) is 29.7 Å². The summed E-state index contributed by atoms with van der Waals surface area (Å²) >= 11 is 0. The van der Waals surface area contributed by atoms with Gasteiger partial charge in [0.1, 0.15) is 11.3 Å². The second-order valence-electron chi connectivity index (χ2n) is 5.41. The van der Waals surface area contributed by atoms with Crippen LogP contribution in [-0.2, 0) is 0 Å². The van der Waals surface area contributed by atoms with Crippen molar-refractivity contribution >= 4 is 16.9 Å². The zero-order valence-corrected chi connectivity index (χ0v) is 12.1. The van der Waals surface area contributed by atoms with Crippen LogP contribution in [0.1, 0.15) is 40.5 Å². The average molecular weight is 286 g/mol. The van der Waals surface area contributed by atoms with Gasteiger partial charge in [-0.3, -0.25) is 0 Å². The number of carboxylic acids is 1. The molecule has 1 saturated heterocycles. The number of nitrogens with one attached hydrogen (secondary N) is 1. The Balaban J connectivity index is 2.28. The Morgan fingerprint density at radius 2 is 2.24 bits per heavy atom. The molecule has 1 aromatic heterocycles. The molecule has 5 heteroatoms. The minimum Gasteiger partial charge on any atom is -0.494 e. The van der Waals surface area contributed by atoms with Gasteiger partial charge in [0.15, 0.2) is 0 Å². The maximum atomic E-state index is 11.6. The van der Waals surface area contributed by atoms with E-state index < -0.39 is 5.97 Å². The summed E-state index contributed by atoms with van der Waals surface area (Å²) in [4.78, 5) is 16.3. The van der Waals surface area contributed by atoms with E-state index in [4.69, 9.17) is 4.74 Å². The fourth-order valence-electron chi connectivity index (χ4n) is 2.90. The number of aryl methyl sites for hydroxylation is 1. The Kier molecular flexibility index (Phi) is 3.51. The van der Waals surface area contributed by atoms with E-state index in [2.05, 4.69) is 10.3 Å². The van der Waals surface area contributed by atoms with Crippen molar-refractivity contribution in [3.05, 3.63) is 35.0 Å². The topological polar surface area (TPSA) is 71.5 Å². The molecular formula is C16H18N2O3. The van der Waals surface area contributed by atoms with Crippen LogP contribution in [0.4, 0.5) is 0 Å². The van der Waals surface area contributed by atoms with Crippen LogP contribution in [0.2, 0.25) is 0 Å². The molecule has 5 nitrogen and oxygen atoms in total. The molecular weight excluding hydrogens is 268 g/mol. The van der Waals surface area contributed by atoms with E-state index in [-0.39, 0.29) is 11.6 Å². The Bertz CT molecular complexity index is 706. The second kappa shape index (κ2) is 5.33. The zero-order valence-electron chi connectivity index (χ0n) is 12.1. The van der Waals surface area contributed by atoms with Gasteiger partial charge < -0.3 is 15.2 Å². The van der Waals surface area contributed by atoms with Crippen LogP contribution in [0.3, 0.4) is 0 Å². The lowest BCUT2D eigenvalue weighted by molar-refractivity contribution is 0.0699. The summed E-state index contributed by atoms with van der Waals surface area (Å²) < 4.78 is 5.38. The highest BCUT2D eigenvalue weighted by atomic mass is 16.5. The van der Waals surface area contributed by atoms with Gasteiger partial charge in [0.25, 0.3) is 0 Å². The summed E-state index contributed by atoms with van der Waals surface area (Å²) in [6.07, 6.45) is 2.06. The van der Waals surface area contributed by atoms with Crippen LogP contribution >= 0.6 is 0 Å². The molecule has 2 heterocycles. The van der Waals surface area contributed by atoms with Gasteiger partial charge in [-0.2, -0.15) is 0 Å². The number of nitrogens with zero attached hydrogens (tertiary/aromatic N) is 1. The lowest BCUT2D eigenvalue weighted by Crippen LogP contribution is -2.15. The van der Waals surface area contributed by atoms with E-state index in [1.807, 2.05) is 19.1 Å². The summed E-state index contributed by atoms with van der Waals surface area (Å²) in [6, 6.07) is 5.54. The molecule has 0 amide bonds. The average Bonchev–Trinajstić information content (AvgIpc) is 2.99. The molecule has 1 aliphatic heterocycles. The molecule has 1 aromatic carbocycles. The monoisotopic (exact) mass is 286 g/mol. The number of methoxy groups -OCH3 is 1. The lowest BCUT2D eigenvalue weighted by Gasteiger charge is -2.14. The van der Waals surface area contributed by atoms with E-state index in [0.717, 1.165) is 30.6 Å². The molecule has 1 fully saturated rings. The number of benzene rings is 1. The Labute approximate surface area is 123 Å². The van der Waals surface area contributed by atoms with Crippen LogP contribution in [0, 0.1) is 6.92 Å². The highest BCUT2D eigenvalue weighted by Crippen LogP contribution is 2.32. The second-order valence-corrected chi connectivity index (χ2v) is 5.41. The van der Waals surface area contributed by atoms with Gasteiger partial charge in [-0.1, -0.05) is 0 Å². The molecule has 21 heavy (non-hydrogen) atoms. The fraction of sp³-hybridized carbons (Fsp3) is 0.375. The van der Waals surface area contributed by atoms with Gasteiger partial charge in [-0.05, 0) is 50.1 Å². The summed E-state index contributed by atoms with van der Waals surface area (Å²) in [6.45, 7) is 2.86. The molecule has 3 rings (SSSR count). The first kappa shape index (κ1) is 13.8. The minimum atomic E-state index is -0.936. The number of fused-ring (bicyclic) bond motifs is 1. The third kappa shape index (κ3) is 2.45. The number of ether oxygens (including phenoxy) is 1. The van der Waals surface area contributed by atoms with E-state index >= 15 is 0 Å². The van der Waals surface area contributed by atoms with E-state index in [1.54, 1.807) is 13.2 Å². The quantitative estimate of drug-likeness (QED) is 0.907. The number of aromatic nitrogens is 1. The molecule has 110 valence electrons. The summed E-state index contributed by atoms with van der Waals surface area (Å²) in [5.74, 6) is -0.318. The van der Waals surface area contributed by atoms with Crippen molar-refractivity contribution in [1.82, 2.24) is 10.3 Å². The van der Waals surface area contributed by atoms with Crippen molar-refractivity contribution in [2.45, 2.75) is 25.8 Å².